The van der Waals surface area contributed by atoms with E-state index in [0.29, 0.717) is 19.6 Å². The molecule has 1 aromatic heterocycles. The standard InChI is InChI=1S/C18H24N4O3.ClH/c1-21-10-9-20-18(21)16-13-19-8-11-22(16)17(23)7-12-25-15-5-3-14(24-2)4-6-15;/h3-6,9-10,16,19H,7-8,11-13H2,1-2H3;1H. The number of nitrogens with one attached hydrogen (secondary N) is 1. The SMILES string of the molecule is COc1ccc(OCCC(=O)N2CCNCC2c2nccn2C)cc1.Cl. The molecule has 2 aromatic rings. The van der Waals surface area contributed by atoms with E-state index in [1.807, 2.05) is 47.0 Å². The van der Waals surface area contributed by atoms with Crippen LogP contribution in [0.1, 0.15) is 18.3 Å². The Morgan fingerprint density at radius 2 is 2.04 bits per heavy atom. The summed E-state index contributed by atoms with van der Waals surface area (Å²) in [6.45, 7) is 2.54. The first-order valence-corrected chi connectivity index (χ1v) is 8.43. The number of amides is 1. The van der Waals surface area contributed by atoms with Crippen LogP contribution in [0, 0.1) is 0 Å². The van der Waals surface area contributed by atoms with Crippen LogP contribution in [0.3, 0.4) is 0 Å². The van der Waals surface area contributed by atoms with Crippen LogP contribution < -0.4 is 14.8 Å². The predicted octanol–water partition coefficient (Wildman–Crippen LogP) is 1.79. The second kappa shape index (κ2) is 9.45. The Bertz CT molecular complexity index is 705. The van der Waals surface area contributed by atoms with Crippen LogP contribution in [0.4, 0.5) is 0 Å². The first-order valence-electron chi connectivity index (χ1n) is 8.43. The topological polar surface area (TPSA) is 68.6 Å². The number of aromatic nitrogens is 2. The van der Waals surface area contributed by atoms with E-state index < -0.39 is 0 Å². The monoisotopic (exact) mass is 380 g/mol. The highest BCUT2D eigenvalue weighted by atomic mass is 35.5. The molecule has 142 valence electrons. The lowest BCUT2D eigenvalue weighted by Crippen LogP contribution is -2.49. The Balaban J connectivity index is 0.00000243. The van der Waals surface area contributed by atoms with E-state index in [9.17, 15) is 4.79 Å². The summed E-state index contributed by atoms with van der Waals surface area (Å²) in [5.41, 5.74) is 0. The molecule has 1 saturated heterocycles. The van der Waals surface area contributed by atoms with Gasteiger partial charge in [-0.15, -0.1) is 12.4 Å². The van der Waals surface area contributed by atoms with Crippen LogP contribution in [0.15, 0.2) is 36.7 Å². The molecule has 0 bridgehead atoms. The van der Waals surface area contributed by atoms with Crippen molar-refractivity contribution in [1.82, 2.24) is 19.8 Å². The molecule has 2 heterocycles. The number of nitrogens with zero attached hydrogens (tertiary/aromatic N) is 3. The normalized spacial score (nSPS) is 16.7. The third-order valence-electron chi connectivity index (χ3n) is 4.36. The van der Waals surface area contributed by atoms with E-state index in [1.165, 1.54) is 0 Å². The van der Waals surface area contributed by atoms with Crippen LogP contribution in [-0.4, -0.2) is 53.7 Å². The van der Waals surface area contributed by atoms with Gasteiger partial charge in [0, 0.05) is 39.1 Å². The maximum Gasteiger partial charge on any atom is 0.226 e. The van der Waals surface area contributed by atoms with Crippen molar-refractivity contribution in [3.05, 3.63) is 42.5 Å². The van der Waals surface area contributed by atoms with Crippen molar-refractivity contribution >= 4 is 18.3 Å². The molecule has 1 unspecified atom stereocenters. The van der Waals surface area contributed by atoms with Crippen LogP contribution in [-0.2, 0) is 11.8 Å². The molecule has 0 saturated carbocycles. The Morgan fingerprint density at radius 1 is 1.31 bits per heavy atom. The quantitative estimate of drug-likeness (QED) is 0.827. The number of piperazine rings is 1. The number of imidazole rings is 1. The zero-order valence-electron chi connectivity index (χ0n) is 15.1. The zero-order valence-corrected chi connectivity index (χ0v) is 15.9. The van der Waals surface area contributed by atoms with Gasteiger partial charge in [-0.1, -0.05) is 0 Å². The van der Waals surface area contributed by atoms with Crippen molar-refractivity contribution in [2.75, 3.05) is 33.4 Å². The summed E-state index contributed by atoms with van der Waals surface area (Å²) in [5.74, 6) is 2.50. The third-order valence-corrected chi connectivity index (χ3v) is 4.36. The number of benzene rings is 1. The fraction of sp³-hybridized carbons (Fsp3) is 0.444. The number of carbonyl (C=O) groups excluding carboxylic acids is 1. The number of halogens is 1. The summed E-state index contributed by atoms with van der Waals surface area (Å²) in [6.07, 6.45) is 4.01. The Morgan fingerprint density at radius 3 is 2.69 bits per heavy atom. The van der Waals surface area contributed by atoms with Crippen molar-refractivity contribution in [3.8, 4) is 11.5 Å². The maximum atomic E-state index is 12.7. The molecule has 1 aromatic carbocycles. The molecule has 1 aliphatic heterocycles. The van der Waals surface area contributed by atoms with E-state index in [4.69, 9.17) is 9.47 Å². The molecule has 0 spiro atoms. The van der Waals surface area contributed by atoms with Gasteiger partial charge < -0.3 is 24.3 Å². The van der Waals surface area contributed by atoms with Gasteiger partial charge in [0.15, 0.2) is 0 Å². The number of hydrogen-bond donors (Lipinski definition) is 1. The van der Waals surface area contributed by atoms with E-state index >= 15 is 0 Å². The number of aryl methyl sites for hydroxylation is 1. The molecule has 1 amide bonds. The lowest BCUT2D eigenvalue weighted by molar-refractivity contribution is -0.135. The van der Waals surface area contributed by atoms with Gasteiger partial charge in [-0.25, -0.2) is 4.98 Å². The lowest BCUT2D eigenvalue weighted by Gasteiger charge is -2.35. The predicted molar refractivity (Wildman–Crippen MR) is 101 cm³/mol. The van der Waals surface area contributed by atoms with Crippen LogP contribution in [0.25, 0.3) is 0 Å². The number of carbonyl (C=O) groups is 1. The average molecular weight is 381 g/mol. The van der Waals surface area contributed by atoms with E-state index in [1.54, 1.807) is 13.3 Å². The van der Waals surface area contributed by atoms with Crippen LogP contribution >= 0.6 is 12.4 Å². The molecule has 1 fully saturated rings. The highest BCUT2D eigenvalue weighted by Crippen LogP contribution is 2.22. The lowest BCUT2D eigenvalue weighted by atomic mass is 10.1. The minimum atomic E-state index is -0.0396. The molecule has 0 aliphatic carbocycles. The molecule has 1 aliphatic rings. The first-order chi connectivity index (χ1) is 12.2. The minimum absolute atomic E-state index is 0. The van der Waals surface area contributed by atoms with Gasteiger partial charge in [-0.2, -0.15) is 0 Å². The molecule has 1 atom stereocenters. The van der Waals surface area contributed by atoms with Gasteiger partial charge in [0.2, 0.25) is 5.91 Å². The molecule has 7 nitrogen and oxygen atoms in total. The van der Waals surface area contributed by atoms with Crippen molar-refractivity contribution in [2.24, 2.45) is 7.05 Å². The molecule has 1 N–H and O–H groups in total. The van der Waals surface area contributed by atoms with E-state index in [0.717, 1.165) is 30.4 Å². The number of ether oxygens (including phenoxy) is 2. The van der Waals surface area contributed by atoms with Gasteiger partial charge in [0.05, 0.1) is 20.1 Å². The van der Waals surface area contributed by atoms with Gasteiger partial charge in [-0.3, -0.25) is 4.79 Å². The smallest absolute Gasteiger partial charge is 0.226 e. The second-order valence-corrected chi connectivity index (χ2v) is 5.98. The fourth-order valence-electron chi connectivity index (χ4n) is 3.00. The van der Waals surface area contributed by atoms with Gasteiger partial charge >= 0.3 is 0 Å². The van der Waals surface area contributed by atoms with E-state index in [2.05, 4.69) is 10.3 Å². The molecule has 26 heavy (non-hydrogen) atoms. The third kappa shape index (κ3) is 4.68. The number of rotatable bonds is 6. The zero-order chi connectivity index (χ0) is 17.6. The average Bonchev–Trinajstić information content (AvgIpc) is 3.08. The van der Waals surface area contributed by atoms with Gasteiger partial charge in [0.25, 0.3) is 0 Å². The highest BCUT2D eigenvalue weighted by Gasteiger charge is 2.30. The fourth-order valence-corrected chi connectivity index (χ4v) is 3.00. The summed E-state index contributed by atoms with van der Waals surface area (Å²) < 4.78 is 12.8. The molecule has 3 rings (SSSR count). The molecular weight excluding hydrogens is 356 g/mol. The van der Waals surface area contributed by atoms with Crippen molar-refractivity contribution in [2.45, 2.75) is 12.5 Å². The van der Waals surface area contributed by atoms with Crippen molar-refractivity contribution in [3.63, 3.8) is 0 Å². The maximum absolute atomic E-state index is 12.7. The summed E-state index contributed by atoms with van der Waals surface area (Å²) in [6, 6.07) is 7.31. The summed E-state index contributed by atoms with van der Waals surface area (Å²) in [4.78, 5) is 19.0. The van der Waals surface area contributed by atoms with Gasteiger partial charge in [-0.05, 0) is 24.3 Å². The Kier molecular flexibility index (Phi) is 7.29. The van der Waals surface area contributed by atoms with Gasteiger partial charge in [0.1, 0.15) is 23.4 Å². The summed E-state index contributed by atoms with van der Waals surface area (Å²) >= 11 is 0. The van der Waals surface area contributed by atoms with Crippen molar-refractivity contribution in [1.29, 1.82) is 0 Å². The summed E-state index contributed by atoms with van der Waals surface area (Å²) in [5, 5.41) is 3.34. The molecular formula is C18H25ClN4O3. The van der Waals surface area contributed by atoms with Crippen molar-refractivity contribution < 1.29 is 14.3 Å². The van der Waals surface area contributed by atoms with Crippen LogP contribution in [0.2, 0.25) is 0 Å². The summed E-state index contributed by atoms with van der Waals surface area (Å²) in [7, 11) is 3.58. The first kappa shape index (κ1) is 20.1. The number of methoxy groups -OCH3 is 1. The minimum Gasteiger partial charge on any atom is -0.497 e. The van der Waals surface area contributed by atoms with E-state index in [-0.39, 0.29) is 24.4 Å². The Hall–Kier alpha value is -2.25. The molecule has 0 radical (unpaired) electrons. The highest BCUT2D eigenvalue weighted by molar-refractivity contribution is 5.85. The largest absolute Gasteiger partial charge is 0.497 e. The molecule has 8 heteroatoms. The van der Waals surface area contributed by atoms with Crippen LogP contribution in [0.5, 0.6) is 11.5 Å². The second-order valence-electron chi connectivity index (χ2n) is 5.98. The number of hydrogen-bond acceptors (Lipinski definition) is 5. The Labute approximate surface area is 159 Å².